The normalized spacial score (nSPS) is 11.0. The summed E-state index contributed by atoms with van der Waals surface area (Å²) in [7, 11) is 0. The first-order chi connectivity index (χ1) is 15.9. The molecule has 0 aliphatic heterocycles. The zero-order valence-corrected chi connectivity index (χ0v) is 19.6. The van der Waals surface area contributed by atoms with Gasteiger partial charge in [0.15, 0.2) is 0 Å². The molecule has 33 heavy (non-hydrogen) atoms. The highest BCUT2D eigenvalue weighted by molar-refractivity contribution is 5.93. The van der Waals surface area contributed by atoms with E-state index in [1.807, 2.05) is 30.3 Å². The molecule has 166 valence electrons. The topological polar surface area (TPSA) is 44.1 Å². The third kappa shape index (κ3) is 4.68. The predicted octanol–water partition coefficient (Wildman–Crippen LogP) is 5.86. The average molecular weight is 437 g/mol. The minimum absolute atomic E-state index is 0.180. The molecule has 3 aromatic carbocycles. The molecule has 0 spiro atoms. The Kier molecular flexibility index (Phi) is 6.33. The Morgan fingerprint density at radius 1 is 1.00 bits per heavy atom. The van der Waals surface area contributed by atoms with Crippen LogP contribution in [0.4, 0.5) is 0 Å². The van der Waals surface area contributed by atoms with E-state index in [1.165, 1.54) is 16.7 Å². The van der Waals surface area contributed by atoms with Gasteiger partial charge in [0.1, 0.15) is 12.4 Å². The molecule has 4 rings (SSSR count). The molecule has 0 aliphatic rings. The molecular formula is C29H28N2O2. The van der Waals surface area contributed by atoms with Gasteiger partial charge in [-0.1, -0.05) is 62.2 Å². The molecule has 0 N–H and O–H groups in total. The molecular weight excluding hydrogens is 408 g/mol. The van der Waals surface area contributed by atoms with E-state index < -0.39 is 0 Å². The monoisotopic (exact) mass is 436 g/mol. The number of hydrogen-bond acceptors (Lipinski definition) is 3. The number of fused-ring (bicyclic) bond motifs is 1. The standard InChI is InChI=1S/C29H28N2O2/c1-6-15-33-25-13-14-27-26(17-25)28(24-11-9-23(10-12-24)19(2)3)30-29(32)31(27)18-22-8-7-20(4)21(5)16-22/h1,7-14,16-17,19H,15,18H2,2-5H3. The molecule has 0 radical (unpaired) electrons. The van der Waals surface area contributed by atoms with E-state index in [-0.39, 0.29) is 12.3 Å². The van der Waals surface area contributed by atoms with Crippen molar-refractivity contribution in [2.45, 2.75) is 40.2 Å². The van der Waals surface area contributed by atoms with Gasteiger partial charge in [-0.25, -0.2) is 4.79 Å². The van der Waals surface area contributed by atoms with Gasteiger partial charge in [-0.15, -0.1) is 6.42 Å². The first kappa shape index (κ1) is 22.4. The lowest BCUT2D eigenvalue weighted by Crippen LogP contribution is -2.24. The molecule has 0 atom stereocenters. The van der Waals surface area contributed by atoms with Crippen molar-refractivity contribution in [2.75, 3.05) is 6.61 Å². The van der Waals surface area contributed by atoms with Crippen molar-refractivity contribution >= 4 is 10.9 Å². The minimum atomic E-state index is -0.277. The number of ether oxygens (including phenoxy) is 1. The minimum Gasteiger partial charge on any atom is -0.481 e. The van der Waals surface area contributed by atoms with Crippen molar-refractivity contribution < 1.29 is 4.74 Å². The van der Waals surface area contributed by atoms with E-state index in [9.17, 15) is 4.79 Å². The smallest absolute Gasteiger partial charge is 0.348 e. The van der Waals surface area contributed by atoms with Gasteiger partial charge in [0, 0.05) is 10.9 Å². The molecule has 0 saturated carbocycles. The van der Waals surface area contributed by atoms with Gasteiger partial charge < -0.3 is 4.74 Å². The van der Waals surface area contributed by atoms with E-state index in [4.69, 9.17) is 11.2 Å². The fraction of sp³-hybridized carbons (Fsp3) is 0.241. The average Bonchev–Trinajstić information content (AvgIpc) is 2.81. The van der Waals surface area contributed by atoms with Gasteiger partial charge in [0.25, 0.3) is 0 Å². The van der Waals surface area contributed by atoms with Gasteiger partial charge in [0.05, 0.1) is 17.8 Å². The van der Waals surface area contributed by atoms with Crippen LogP contribution in [0.25, 0.3) is 22.2 Å². The zero-order chi connectivity index (χ0) is 23.5. The van der Waals surface area contributed by atoms with Crippen LogP contribution in [0.2, 0.25) is 0 Å². The Balaban J connectivity index is 1.89. The summed E-state index contributed by atoms with van der Waals surface area (Å²) in [6.45, 7) is 9.11. The lowest BCUT2D eigenvalue weighted by molar-refractivity contribution is 0.371. The summed E-state index contributed by atoms with van der Waals surface area (Å²) in [5, 5.41) is 0.852. The van der Waals surface area contributed by atoms with Gasteiger partial charge in [-0.3, -0.25) is 4.57 Å². The molecule has 0 bridgehead atoms. The number of terminal acetylenes is 1. The lowest BCUT2D eigenvalue weighted by Gasteiger charge is -2.15. The molecule has 1 aromatic heterocycles. The molecule has 1 heterocycles. The van der Waals surface area contributed by atoms with E-state index >= 15 is 0 Å². The van der Waals surface area contributed by atoms with Crippen LogP contribution in [0.3, 0.4) is 0 Å². The van der Waals surface area contributed by atoms with Crippen molar-refractivity contribution in [3.05, 3.63) is 93.4 Å². The van der Waals surface area contributed by atoms with Crippen LogP contribution in [0.1, 0.15) is 42.0 Å². The lowest BCUT2D eigenvalue weighted by atomic mass is 9.99. The van der Waals surface area contributed by atoms with E-state index in [0.29, 0.717) is 23.9 Å². The Labute approximate surface area is 194 Å². The Morgan fingerprint density at radius 3 is 2.42 bits per heavy atom. The molecule has 4 heteroatoms. The predicted molar refractivity (Wildman–Crippen MR) is 135 cm³/mol. The van der Waals surface area contributed by atoms with Crippen LogP contribution in [-0.4, -0.2) is 16.2 Å². The number of rotatable bonds is 6. The van der Waals surface area contributed by atoms with Crippen molar-refractivity contribution in [1.29, 1.82) is 0 Å². The second kappa shape index (κ2) is 9.34. The Morgan fingerprint density at radius 2 is 1.76 bits per heavy atom. The van der Waals surface area contributed by atoms with Gasteiger partial charge in [0.2, 0.25) is 0 Å². The van der Waals surface area contributed by atoms with Crippen molar-refractivity contribution in [1.82, 2.24) is 9.55 Å². The van der Waals surface area contributed by atoms with E-state index in [1.54, 1.807) is 4.57 Å². The molecule has 0 aliphatic carbocycles. The SMILES string of the molecule is C#CCOc1ccc2c(c1)c(-c1ccc(C(C)C)cc1)nc(=O)n2Cc1ccc(C)c(C)c1. The highest BCUT2D eigenvalue weighted by atomic mass is 16.5. The van der Waals surface area contributed by atoms with Crippen LogP contribution in [0, 0.1) is 26.2 Å². The second-order valence-corrected chi connectivity index (χ2v) is 8.70. The maximum absolute atomic E-state index is 13.2. The third-order valence-electron chi connectivity index (χ3n) is 6.04. The van der Waals surface area contributed by atoms with Crippen molar-refractivity contribution in [3.63, 3.8) is 0 Å². The quantitative estimate of drug-likeness (QED) is 0.355. The highest BCUT2D eigenvalue weighted by Gasteiger charge is 2.14. The van der Waals surface area contributed by atoms with Gasteiger partial charge >= 0.3 is 5.69 Å². The van der Waals surface area contributed by atoms with Crippen LogP contribution in [0.15, 0.2) is 65.5 Å². The Hall–Kier alpha value is -3.84. The molecule has 4 aromatic rings. The molecule has 0 amide bonds. The highest BCUT2D eigenvalue weighted by Crippen LogP contribution is 2.30. The van der Waals surface area contributed by atoms with Crippen LogP contribution < -0.4 is 10.4 Å². The summed E-state index contributed by atoms with van der Waals surface area (Å²) in [6.07, 6.45) is 5.37. The Bertz CT molecular complexity index is 1410. The summed E-state index contributed by atoms with van der Waals surface area (Å²) in [4.78, 5) is 17.7. The number of aromatic nitrogens is 2. The van der Waals surface area contributed by atoms with Gasteiger partial charge in [-0.2, -0.15) is 4.98 Å². The summed E-state index contributed by atoms with van der Waals surface area (Å²) < 4.78 is 7.39. The molecule has 0 unspecified atom stereocenters. The molecule has 0 fully saturated rings. The fourth-order valence-electron chi connectivity index (χ4n) is 3.96. The summed E-state index contributed by atoms with van der Waals surface area (Å²) >= 11 is 0. The number of hydrogen-bond donors (Lipinski definition) is 0. The molecule has 0 saturated heterocycles. The van der Waals surface area contributed by atoms with E-state index in [2.05, 4.69) is 68.9 Å². The second-order valence-electron chi connectivity index (χ2n) is 8.70. The first-order valence-electron chi connectivity index (χ1n) is 11.1. The van der Waals surface area contributed by atoms with Crippen molar-refractivity contribution in [2.24, 2.45) is 0 Å². The summed E-state index contributed by atoms with van der Waals surface area (Å²) in [5.74, 6) is 3.58. The van der Waals surface area contributed by atoms with Crippen molar-refractivity contribution in [3.8, 4) is 29.4 Å². The first-order valence-corrected chi connectivity index (χ1v) is 11.1. The maximum Gasteiger partial charge on any atom is 0.348 e. The molecule has 4 nitrogen and oxygen atoms in total. The maximum atomic E-state index is 13.2. The number of aryl methyl sites for hydroxylation is 2. The van der Waals surface area contributed by atoms with Gasteiger partial charge in [-0.05, 0) is 60.2 Å². The third-order valence-corrected chi connectivity index (χ3v) is 6.04. The van der Waals surface area contributed by atoms with Crippen LogP contribution >= 0.6 is 0 Å². The fourth-order valence-corrected chi connectivity index (χ4v) is 3.96. The number of benzene rings is 3. The van der Waals surface area contributed by atoms with Crippen LogP contribution in [-0.2, 0) is 6.54 Å². The number of nitrogens with zero attached hydrogens (tertiary/aromatic N) is 2. The summed E-state index contributed by atoms with van der Waals surface area (Å²) in [6, 6.07) is 20.2. The van der Waals surface area contributed by atoms with Crippen LogP contribution in [0.5, 0.6) is 5.75 Å². The zero-order valence-electron chi connectivity index (χ0n) is 19.6. The largest absolute Gasteiger partial charge is 0.481 e. The van der Waals surface area contributed by atoms with E-state index in [0.717, 1.165) is 22.0 Å². The summed E-state index contributed by atoms with van der Waals surface area (Å²) in [5.41, 5.74) is 6.80.